The predicted molar refractivity (Wildman–Crippen MR) is 116 cm³/mol. The van der Waals surface area contributed by atoms with E-state index in [-0.39, 0.29) is 5.28 Å². The lowest BCUT2D eigenvalue weighted by atomic mass is 10.2. The Morgan fingerprint density at radius 1 is 1.07 bits per heavy atom. The molecule has 0 aliphatic rings. The van der Waals surface area contributed by atoms with Gasteiger partial charge >= 0.3 is 0 Å². The summed E-state index contributed by atoms with van der Waals surface area (Å²) in [5.74, 6) is 4.53. The predicted octanol–water partition coefficient (Wildman–Crippen LogP) is 4.65. The number of benzene rings is 2. The maximum absolute atomic E-state index is 6.14. The minimum atomic E-state index is 0.101. The number of nitrogens with one attached hydrogen (secondary N) is 1. The standard InChI is InChI=1S/C21H19Cl2N3O3/c1-3-14-5-4-6-15(11-14)24-20-16-12-18(29-10-9-27-2)19(28-8-7-22)13-17(16)25-21(23)26-20/h1,4-6,11-13H,7-10H2,2H3,(H,24,25,26). The first-order valence-electron chi connectivity index (χ1n) is 8.80. The molecule has 0 aliphatic heterocycles. The highest BCUT2D eigenvalue weighted by Crippen LogP contribution is 2.36. The second kappa shape index (κ2) is 10.2. The van der Waals surface area contributed by atoms with Crippen LogP contribution < -0.4 is 14.8 Å². The first-order chi connectivity index (χ1) is 14.1. The highest BCUT2D eigenvalue weighted by atomic mass is 35.5. The van der Waals surface area contributed by atoms with E-state index in [9.17, 15) is 0 Å². The molecule has 0 spiro atoms. The molecule has 0 aliphatic carbocycles. The van der Waals surface area contributed by atoms with Crippen molar-refractivity contribution in [2.75, 3.05) is 38.1 Å². The summed E-state index contributed by atoms with van der Waals surface area (Å²) in [5.41, 5.74) is 2.13. The summed E-state index contributed by atoms with van der Waals surface area (Å²) in [6, 6.07) is 11.0. The fourth-order valence-electron chi connectivity index (χ4n) is 2.64. The number of halogens is 2. The van der Waals surface area contributed by atoms with E-state index < -0.39 is 0 Å². The molecule has 0 fully saturated rings. The minimum absolute atomic E-state index is 0.101. The summed E-state index contributed by atoms with van der Waals surface area (Å²) >= 11 is 11.9. The summed E-state index contributed by atoms with van der Waals surface area (Å²) in [7, 11) is 1.61. The second-order valence-electron chi connectivity index (χ2n) is 5.89. The number of methoxy groups -OCH3 is 1. The lowest BCUT2D eigenvalue weighted by molar-refractivity contribution is 0.143. The molecule has 0 saturated carbocycles. The number of terminal acetylenes is 1. The molecule has 8 heteroatoms. The van der Waals surface area contributed by atoms with Crippen LogP contribution in [0.3, 0.4) is 0 Å². The molecule has 0 radical (unpaired) electrons. The average molecular weight is 432 g/mol. The zero-order valence-corrected chi connectivity index (χ0v) is 17.3. The fraction of sp³-hybridized carbons (Fsp3) is 0.238. The molecule has 1 N–H and O–H groups in total. The van der Waals surface area contributed by atoms with Crippen LogP contribution in [0.5, 0.6) is 11.5 Å². The Labute approximate surface area is 179 Å². The van der Waals surface area contributed by atoms with Crippen LogP contribution in [-0.4, -0.2) is 42.8 Å². The monoisotopic (exact) mass is 431 g/mol. The Kier molecular flexibility index (Phi) is 7.36. The largest absolute Gasteiger partial charge is 0.488 e. The maximum Gasteiger partial charge on any atom is 0.224 e. The highest BCUT2D eigenvalue weighted by molar-refractivity contribution is 6.28. The quantitative estimate of drug-likeness (QED) is 0.230. The van der Waals surface area contributed by atoms with Crippen LogP contribution in [0, 0.1) is 12.3 Å². The summed E-state index contributed by atoms with van der Waals surface area (Å²) in [5, 5.41) is 4.06. The van der Waals surface area contributed by atoms with E-state index in [1.165, 1.54) is 0 Å². The molecule has 0 amide bonds. The highest BCUT2D eigenvalue weighted by Gasteiger charge is 2.14. The average Bonchev–Trinajstić information content (AvgIpc) is 2.72. The van der Waals surface area contributed by atoms with Crippen LogP contribution in [0.15, 0.2) is 36.4 Å². The summed E-state index contributed by atoms with van der Waals surface area (Å²) in [6.45, 7) is 1.13. The first kappa shape index (κ1) is 21.0. The zero-order chi connectivity index (χ0) is 20.6. The van der Waals surface area contributed by atoms with E-state index in [2.05, 4.69) is 21.2 Å². The second-order valence-corrected chi connectivity index (χ2v) is 6.60. The van der Waals surface area contributed by atoms with Gasteiger partial charge in [-0.3, -0.25) is 0 Å². The maximum atomic E-state index is 6.14. The molecule has 6 nitrogen and oxygen atoms in total. The number of nitrogens with zero attached hydrogens (tertiary/aromatic N) is 2. The van der Waals surface area contributed by atoms with Crippen molar-refractivity contribution in [3.05, 3.63) is 47.2 Å². The van der Waals surface area contributed by atoms with Crippen molar-refractivity contribution < 1.29 is 14.2 Å². The summed E-state index contributed by atoms with van der Waals surface area (Å²) in [4.78, 5) is 8.64. The number of anilines is 2. The molecule has 3 aromatic rings. The van der Waals surface area contributed by atoms with E-state index in [0.717, 1.165) is 11.3 Å². The number of hydrogen-bond donors (Lipinski definition) is 1. The lowest BCUT2D eigenvalue weighted by Crippen LogP contribution is -2.07. The van der Waals surface area contributed by atoms with Gasteiger partial charge in [0.25, 0.3) is 0 Å². The Balaban J connectivity index is 2.04. The van der Waals surface area contributed by atoms with Crippen LogP contribution in [0.25, 0.3) is 10.9 Å². The SMILES string of the molecule is C#Cc1cccc(Nc2nc(Cl)nc3cc(OCCCl)c(OCCOC)cc23)c1. The van der Waals surface area contributed by atoms with Crippen molar-refractivity contribution in [1.82, 2.24) is 9.97 Å². The minimum Gasteiger partial charge on any atom is -0.488 e. The molecular formula is C21H19Cl2N3O3. The van der Waals surface area contributed by atoms with Gasteiger partial charge in [-0.2, -0.15) is 4.98 Å². The Morgan fingerprint density at radius 2 is 1.86 bits per heavy atom. The third kappa shape index (κ3) is 5.42. The molecule has 29 heavy (non-hydrogen) atoms. The van der Waals surface area contributed by atoms with E-state index in [4.69, 9.17) is 43.8 Å². The van der Waals surface area contributed by atoms with Gasteiger partial charge in [0.1, 0.15) is 19.0 Å². The molecule has 0 saturated heterocycles. The van der Waals surface area contributed by atoms with Gasteiger partial charge in [0.15, 0.2) is 11.5 Å². The van der Waals surface area contributed by atoms with Crippen LogP contribution in [0.2, 0.25) is 5.28 Å². The van der Waals surface area contributed by atoms with Crippen LogP contribution in [-0.2, 0) is 4.74 Å². The van der Waals surface area contributed by atoms with Crippen molar-refractivity contribution in [1.29, 1.82) is 0 Å². The molecule has 3 rings (SSSR count). The van der Waals surface area contributed by atoms with Gasteiger partial charge in [-0.15, -0.1) is 18.0 Å². The summed E-state index contributed by atoms with van der Waals surface area (Å²) < 4.78 is 16.6. The molecule has 2 aromatic carbocycles. The molecule has 1 aromatic heterocycles. The van der Waals surface area contributed by atoms with Crippen molar-refractivity contribution in [2.24, 2.45) is 0 Å². The third-order valence-corrected chi connectivity index (χ3v) is 4.23. The van der Waals surface area contributed by atoms with Gasteiger partial charge in [0.05, 0.1) is 18.0 Å². The molecular weight excluding hydrogens is 413 g/mol. The topological polar surface area (TPSA) is 65.5 Å². The van der Waals surface area contributed by atoms with Gasteiger partial charge in [-0.05, 0) is 35.9 Å². The lowest BCUT2D eigenvalue weighted by Gasteiger charge is -2.15. The van der Waals surface area contributed by atoms with Gasteiger partial charge in [0, 0.05) is 29.8 Å². The van der Waals surface area contributed by atoms with Crippen molar-refractivity contribution >= 4 is 45.6 Å². The Morgan fingerprint density at radius 3 is 2.62 bits per heavy atom. The first-order valence-corrected chi connectivity index (χ1v) is 9.71. The number of hydrogen-bond acceptors (Lipinski definition) is 6. The molecule has 150 valence electrons. The number of ether oxygens (including phenoxy) is 3. The molecule has 0 atom stereocenters. The van der Waals surface area contributed by atoms with E-state index in [0.29, 0.717) is 53.9 Å². The molecule has 0 unspecified atom stereocenters. The van der Waals surface area contributed by atoms with Crippen LogP contribution >= 0.6 is 23.2 Å². The molecule has 0 bridgehead atoms. The van der Waals surface area contributed by atoms with E-state index in [1.807, 2.05) is 24.3 Å². The van der Waals surface area contributed by atoms with E-state index in [1.54, 1.807) is 19.2 Å². The fourth-order valence-corrected chi connectivity index (χ4v) is 2.89. The van der Waals surface area contributed by atoms with Crippen molar-refractivity contribution in [3.63, 3.8) is 0 Å². The van der Waals surface area contributed by atoms with Crippen LogP contribution in [0.1, 0.15) is 5.56 Å². The zero-order valence-electron chi connectivity index (χ0n) is 15.7. The smallest absolute Gasteiger partial charge is 0.224 e. The Hall–Kier alpha value is -2.72. The third-order valence-electron chi connectivity index (χ3n) is 3.91. The van der Waals surface area contributed by atoms with Gasteiger partial charge in [-0.25, -0.2) is 4.98 Å². The van der Waals surface area contributed by atoms with Crippen molar-refractivity contribution in [3.8, 4) is 23.8 Å². The number of fused-ring (bicyclic) bond motifs is 1. The van der Waals surface area contributed by atoms with Crippen LogP contribution in [0.4, 0.5) is 11.5 Å². The normalized spacial score (nSPS) is 10.6. The molecule has 1 heterocycles. The van der Waals surface area contributed by atoms with Gasteiger partial charge < -0.3 is 19.5 Å². The van der Waals surface area contributed by atoms with Crippen molar-refractivity contribution in [2.45, 2.75) is 0 Å². The number of aromatic nitrogens is 2. The van der Waals surface area contributed by atoms with Gasteiger partial charge in [-0.1, -0.05) is 12.0 Å². The summed E-state index contributed by atoms with van der Waals surface area (Å²) in [6.07, 6.45) is 5.49. The van der Waals surface area contributed by atoms with E-state index >= 15 is 0 Å². The number of alkyl halides is 1. The Bertz CT molecular complexity index is 1040. The number of rotatable bonds is 9. The van der Waals surface area contributed by atoms with Gasteiger partial charge in [0.2, 0.25) is 5.28 Å².